The molecule has 1 aromatic rings. The Morgan fingerprint density at radius 3 is 2.75 bits per heavy atom. The van der Waals surface area contributed by atoms with E-state index in [1.807, 2.05) is 12.3 Å². The normalized spacial score (nSPS) is 30.6. The van der Waals surface area contributed by atoms with Crippen LogP contribution in [0.4, 0.5) is 5.82 Å². The van der Waals surface area contributed by atoms with Gasteiger partial charge in [0.2, 0.25) is 0 Å². The van der Waals surface area contributed by atoms with Gasteiger partial charge >= 0.3 is 0 Å². The maximum atomic E-state index is 9.96. The lowest BCUT2D eigenvalue weighted by Gasteiger charge is -2.39. The summed E-state index contributed by atoms with van der Waals surface area (Å²) < 4.78 is 0. The zero-order valence-corrected chi connectivity index (χ0v) is 12.4. The molecule has 4 heteroatoms. The number of anilines is 1. The van der Waals surface area contributed by atoms with Crippen LogP contribution >= 0.6 is 0 Å². The molecule has 20 heavy (non-hydrogen) atoms. The molecule has 3 rings (SSSR count). The summed E-state index contributed by atoms with van der Waals surface area (Å²) in [5, 5.41) is 13.4. The number of piperidine rings is 1. The monoisotopic (exact) mass is 275 g/mol. The highest BCUT2D eigenvalue weighted by atomic mass is 16.3. The molecule has 0 aliphatic carbocycles. The number of hydrogen-bond acceptors (Lipinski definition) is 4. The fourth-order valence-electron chi connectivity index (χ4n) is 3.87. The number of rotatable bonds is 4. The van der Waals surface area contributed by atoms with E-state index in [0.717, 1.165) is 25.2 Å². The van der Waals surface area contributed by atoms with Crippen molar-refractivity contribution in [2.24, 2.45) is 0 Å². The van der Waals surface area contributed by atoms with E-state index in [9.17, 15) is 5.11 Å². The van der Waals surface area contributed by atoms with Crippen LogP contribution in [0.5, 0.6) is 0 Å². The van der Waals surface area contributed by atoms with Gasteiger partial charge in [0.1, 0.15) is 5.82 Å². The van der Waals surface area contributed by atoms with E-state index >= 15 is 0 Å². The van der Waals surface area contributed by atoms with E-state index in [2.05, 4.69) is 35.1 Å². The van der Waals surface area contributed by atoms with Crippen molar-refractivity contribution in [2.75, 3.05) is 11.4 Å². The summed E-state index contributed by atoms with van der Waals surface area (Å²) in [5.41, 5.74) is 1.28. The van der Waals surface area contributed by atoms with Crippen molar-refractivity contribution in [3.05, 3.63) is 23.9 Å². The highest BCUT2D eigenvalue weighted by molar-refractivity contribution is 5.52. The van der Waals surface area contributed by atoms with Crippen LogP contribution in [-0.4, -0.2) is 34.8 Å². The highest BCUT2D eigenvalue weighted by Crippen LogP contribution is 2.40. The zero-order valence-electron chi connectivity index (χ0n) is 12.4. The van der Waals surface area contributed by atoms with Gasteiger partial charge in [-0.25, -0.2) is 4.98 Å². The fraction of sp³-hybridized carbons (Fsp3) is 0.688. The Bertz CT molecular complexity index is 451. The van der Waals surface area contributed by atoms with Gasteiger partial charge in [-0.05, 0) is 45.2 Å². The van der Waals surface area contributed by atoms with Crippen LogP contribution in [0.25, 0.3) is 0 Å². The summed E-state index contributed by atoms with van der Waals surface area (Å²) in [6, 6.07) is 5.44. The lowest BCUT2D eigenvalue weighted by Crippen LogP contribution is -2.46. The Labute approximate surface area is 121 Å². The number of nitrogens with zero attached hydrogens (tertiary/aromatic N) is 2. The van der Waals surface area contributed by atoms with Crippen LogP contribution in [0.1, 0.15) is 51.1 Å². The predicted octanol–water partition coefficient (Wildman–Crippen LogP) is 2.24. The number of aliphatic hydroxyl groups excluding tert-OH is 1. The summed E-state index contributed by atoms with van der Waals surface area (Å²) in [4.78, 5) is 7.16. The van der Waals surface area contributed by atoms with E-state index in [1.165, 1.54) is 18.4 Å². The third-order valence-electron chi connectivity index (χ3n) is 4.75. The maximum Gasteiger partial charge on any atom is 0.133 e. The first-order valence-electron chi connectivity index (χ1n) is 7.85. The quantitative estimate of drug-likeness (QED) is 0.885. The van der Waals surface area contributed by atoms with Crippen LogP contribution in [0.2, 0.25) is 0 Å². The number of nitrogens with one attached hydrogen (secondary N) is 1. The van der Waals surface area contributed by atoms with Gasteiger partial charge in [-0.3, -0.25) is 0 Å². The van der Waals surface area contributed by atoms with Gasteiger partial charge in [-0.1, -0.05) is 13.0 Å². The maximum absolute atomic E-state index is 9.96. The molecule has 1 aromatic heterocycles. The number of hydrogen-bond donors (Lipinski definition) is 2. The van der Waals surface area contributed by atoms with E-state index < -0.39 is 0 Å². The molecule has 3 heterocycles. The molecule has 0 saturated carbocycles. The van der Waals surface area contributed by atoms with Crippen molar-refractivity contribution in [3.8, 4) is 0 Å². The predicted molar refractivity (Wildman–Crippen MR) is 80.9 cm³/mol. The molecule has 2 saturated heterocycles. The lowest BCUT2D eigenvalue weighted by atomic mass is 9.98. The first kappa shape index (κ1) is 13.8. The molecule has 3 unspecified atom stereocenters. The van der Waals surface area contributed by atoms with Gasteiger partial charge in [0.15, 0.2) is 0 Å². The molecule has 2 fully saturated rings. The highest BCUT2D eigenvalue weighted by Gasteiger charge is 2.41. The van der Waals surface area contributed by atoms with Crippen molar-refractivity contribution in [2.45, 2.75) is 63.8 Å². The van der Waals surface area contributed by atoms with Gasteiger partial charge < -0.3 is 15.3 Å². The van der Waals surface area contributed by atoms with Crippen molar-refractivity contribution in [1.29, 1.82) is 0 Å². The first-order valence-corrected chi connectivity index (χ1v) is 7.85. The molecule has 2 bridgehead atoms. The smallest absolute Gasteiger partial charge is 0.133 e. The second-order valence-electron chi connectivity index (χ2n) is 6.11. The van der Waals surface area contributed by atoms with Gasteiger partial charge in [0.05, 0.1) is 6.10 Å². The van der Waals surface area contributed by atoms with E-state index in [0.29, 0.717) is 18.1 Å². The zero-order chi connectivity index (χ0) is 14.1. The number of aliphatic hydroxyl groups is 1. The first-order chi connectivity index (χ1) is 9.70. The molecular formula is C16H25N3O. The lowest BCUT2D eigenvalue weighted by molar-refractivity contribution is 0.126. The van der Waals surface area contributed by atoms with E-state index in [4.69, 9.17) is 0 Å². The van der Waals surface area contributed by atoms with Crippen LogP contribution < -0.4 is 10.2 Å². The second kappa shape index (κ2) is 5.70. The summed E-state index contributed by atoms with van der Waals surface area (Å²) in [6.45, 7) is 5.29. The molecule has 4 nitrogen and oxygen atoms in total. The molecule has 3 atom stereocenters. The topological polar surface area (TPSA) is 48.4 Å². The van der Waals surface area contributed by atoms with Crippen molar-refractivity contribution in [1.82, 2.24) is 10.3 Å². The van der Waals surface area contributed by atoms with Gasteiger partial charge in [0.25, 0.3) is 0 Å². The summed E-state index contributed by atoms with van der Waals surface area (Å²) in [7, 11) is 0. The standard InChI is InChI=1S/C16H25N3O/c1-3-17-11(2)15-5-4-8-18-16(15)19-12-6-7-13(19)10-14(20)9-12/h4-5,8,11-14,17,20H,3,6-7,9-10H2,1-2H3. The number of aromatic nitrogens is 1. The molecule has 0 spiro atoms. The molecule has 0 amide bonds. The minimum atomic E-state index is -0.123. The van der Waals surface area contributed by atoms with Crippen LogP contribution in [0, 0.1) is 0 Å². The Hall–Kier alpha value is -1.13. The van der Waals surface area contributed by atoms with Crippen LogP contribution in [-0.2, 0) is 0 Å². The SMILES string of the molecule is CCNC(C)c1cccnc1N1C2CCC1CC(O)C2. The van der Waals surface area contributed by atoms with Gasteiger partial charge in [-0.15, -0.1) is 0 Å². The Morgan fingerprint density at radius 2 is 2.10 bits per heavy atom. The summed E-state index contributed by atoms with van der Waals surface area (Å²) >= 11 is 0. The number of fused-ring (bicyclic) bond motifs is 2. The molecule has 110 valence electrons. The van der Waals surface area contributed by atoms with E-state index in [-0.39, 0.29) is 6.10 Å². The molecular weight excluding hydrogens is 250 g/mol. The Kier molecular flexibility index (Phi) is 3.94. The Morgan fingerprint density at radius 1 is 1.40 bits per heavy atom. The molecule has 0 radical (unpaired) electrons. The summed E-state index contributed by atoms with van der Waals surface area (Å²) in [6.07, 6.45) is 5.93. The largest absolute Gasteiger partial charge is 0.393 e. The van der Waals surface area contributed by atoms with Gasteiger partial charge in [-0.2, -0.15) is 0 Å². The Balaban J connectivity index is 1.91. The van der Waals surface area contributed by atoms with Crippen molar-refractivity contribution >= 4 is 5.82 Å². The third-order valence-corrected chi connectivity index (χ3v) is 4.75. The second-order valence-corrected chi connectivity index (χ2v) is 6.11. The van der Waals surface area contributed by atoms with E-state index in [1.54, 1.807) is 0 Å². The van der Waals surface area contributed by atoms with Crippen LogP contribution in [0.15, 0.2) is 18.3 Å². The van der Waals surface area contributed by atoms with Crippen LogP contribution in [0.3, 0.4) is 0 Å². The number of pyridine rings is 1. The fourth-order valence-corrected chi connectivity index (χ4v) is 3.87. The van der Waals surface area contributed by atoms with Gasteiger partial charge in [0, 0.05) is 29.9 Å². The molecule has 2 aliphatic heterocycles. The third kappa shape index (κ3) is 2.42. The summed E-state index contributed by atoms with van der Waals surface area (Å²) in [5.74, 6) is 1.13. The molecule has 2 aliphatic rings. The minimum absolute atomic E-state index is 0.123. The van der Waals surface area contributed by atoms with Crippen molar-refractivity contribution in [3.63, 3.8) is 0 Å². The van der Waals surface area contributed by atoms with Crippen molar-refractivity contribution < 1.29 is 5.11 Å². The molecule has 0 aromatic carbocycles. The average Bonchev–Trinajstić information content (AvgIpc) is 2.71. The minimum Gasteiger partial charge on any atom is -0.393 e. The molecule has 2 N–H and O–H groups in total. The average molecular weight is 275 g/mol.